The summed E-state index contributed by atoms with van der Waals surface area (Å²) in [6.07, 6.45) is 1.61. The van der Waals surface area contributed by atoms with E-state index < -0.39 is 0 Å². The third-order valence-corrected chi connectivity index (χ3v) is 6.37. The minimum Gasteiger partial charge on any atom is -0.492 e. The molecule has 32 heavy (non-hydrogen) atoms. The SMILES string of the molecule is CCOc1ccccc1Nc1nnc(SCC(=O)N(Cc2ccco2)c2ccccc2)s1. The maximum atomic E-state index is 13.0. The number of nitrogens with one attached hydrogen (secondary N) is 1. The third-order valence-electron chi connectivity index (χ3n) is 4.42. The van der Waals surface area contributed by atoms with Gasteiger partial charge in [-0.15, -0.1) is 10.2 Å². The Labute approximate surface area is 194 Å². The smallest absolute Gasteiger partial charge is 0.237 e. The molecule has 0 spiro atoms. The minimum atomic E-state index is -0.0380. The minimum absolute atomic E-state index is 0.0380. The van der Waals surface area contributed by atoms with Crippen molar-refractivity contribution in [3.63, 3.8) is 0 Å². The number of amides is 1. The predicted octanol–water partition coefficient (Wildman–Crippen LogP) is 5.60. The summed E-state index contributed by atoms with van der Waals surface area (Å²) < 4.78 is 11.8. The molecule has 0 atom stereocenters. The summed E-state index contributed by atoms with van der Waals surface area (Å²) in [5, 5.41) is 12.3. The summed E-state index contributed by atoms with van der Waals surface area (Å²) in [4.78, 5) is 14.8. The molecule has 2 aromatic carbocycles. The number of para-hydroxylation sites is 3. The average molecular weight is 467 g/mol. The van der Waals surface area contributed by atoms with Crippen molar-refractivity contribution in [2.24, 2.45) is 0 Å². The highest BCUT2D eigenvalue weighted by molar-refractivity contribution is 8.01. The monoisotopic (exact) mass is 466 g/mol. The van der Waals surface area contributed by atoms with Gasteiger partial charge in [-0.25, -0.2) is 0 Å². The summed E-state index contributed by atoms with van der Waals surface area (Å²) in [5.74, 6) is 1.68. The largest absolute Gasteiger partial charge is 0.492 e. The Bertz CT molecular complexity index is 1130. The number of furan rings is 1. The zero-order chi connectivity index (χ0) is 22.2. The fourth-order valence-corrected chi connectivity index (χ4v) is 4.62. The van der Waals surface area contributed by atoms with Crippen LogP contribution in [0.5, 0.6) is 5.75 Å². The summed E-state index contributed by atoms with van der Waals surface area (Å²) in [6, 6.07) is 20.9. The molecule has 0 unspecified atom stereocenters. The predicted molar refractivity (Wildman–Crippen MR) is 128 cm³/mol. The number of rotatable bonds is 10. The molecule has 0 bridgehead atoms. The van der Waals surface area contributed by atoms with Crippen LogP contribution in [0, 0.1) is 0 Å². The van der Waals surface area contributed by atoms with E-state index in [4.69, 9.17) is 9.15 Å². The zero-order valence-corrected chi connectivity index (χ0v) is 19.1. The molecule has 0 aliphatic carbocycles. The van der Waals surface area contributed by atoms with Crippen LogP contribution in [0.25, 0.3) is 0 Å². The number of nitrogens with zero attached hydrogens (tertiary/aromatic N) is 3. The van der Waals surface area contributed by atoms with E-state index in [0.717, 1.165) is 22.9 Å². The first-order valence-electron chi connectivity index (χ1n) is 10.1. The van der Waals surface area contributed by atoms with Gasteiger partial charge in [0.2, 0.25) is 11.0 Å². The van der Waals surface area contributed by atoms with Crippen molar-refractivity contribution >= 4 is 45.5 Å². The molecule has 0 saturated heterocycles. The van der Waals surface area contributed by atoms with E-state index in [9.17, 15) is 4.79 Å². The quantitative estimate of drug-likeness (QED) is 0.305. The van der Waals surface area contributed by atoms with Gasteiger partial charge in [-0.05, 0) is 43.3 Å². The molecule has 0 saturated carbocycles. The Hall–Kier alpha value is -3.30. The molecule has 0 aliphatic heterocycles. The summed E-state index contributed by atoms with van der Waals surface area (Å²) in [7, 11) is 0. The number of aromatic nitrogens is 2. The third kappa shape index (κ3) is 5.68. The van der Waals surface area contributed by atoms with Crippen LogP contribution in [0.2, 0.25) is 0 Å². The number of ether oxygens (including phenoxy) is 1. The fraction of sp³-hybridized carbons (Fsp3) is 0.174. The molecule has 0 aliphatic rings. The van der Waals surface area contributed by atoms with Crippen molar-refractivity contribution in [2.75, 3.05) is 22.6 Å². The van der Waals surface area contributed by atoms with Gasteiger partial charge in [0.05, 0.1) is 30.9 Å². The molecular weight excluding hydrogens is 444 g/mol. The van der Waals surface area contributed by atoms with Gasteiger partial charge in [-0.3, -0.25) is 4.79 Å². The van der Waals surface area contributed by atoms with Gasteiger partial charge < -0.3 is 19.4 Å². The first kappa shape index (κ1) is 21.9. The van der Waals surface area contributed by atoms with E-state index in [1.54, 1.807) is 11.2 Å². The van der Waals surface area contributed by atoms with Crippen molar-refractivity contribution < 1.29 is 13.9 Å². The van der Waals surface area contributed by atoms with Gasteiger partial charge in [-0.2, -0.15) is 0 Å². The number of carbonyl (C=O) groups excluding carboxylic acids is 1. The highest BCUT2D eigenvalue weighted by Crippen LogP contribution is 2.32. The zero-order valence-electron chi connectivity index (χ0n) is 17.4. The lowest BCUT2D eigenvalue weighted by Gasteiger charge is -2.21. The normalized spacial score (nSPS) is 10.7. The lowest BCUT2D eigenvalue weighted by molar-refractivity contribution is -0.116. The Morgan fingerprint density at radius 2 is 1.91 bits per heavy atom. The van der Waals surface area contributed by atoms with Crippen LogP contribution in [0.3, 0.4) is 0 Å². The van der Waals surface area contributed by atoms with E-state index in [-0.39, 0.29) is 11.7 Å². The molecule has 164 valence electrons. The average Bonchev–Trinajstić information content (AvgIpc) is 3.50. The Morgan fingerprint density at radius 1 is 1.09 bits per heavy atom. The lowest BCUT2D eigenvalue weighted by Crippen LogP contribution is -2.31. The van der Waals surface area contributed by atoms with Crippen LogP contribution in [-0.2, 0) is 11.3 Å². The molecule has 2 aromatic heterocycles. The first-order valence-corrected chi connectivity index (χ1v) is 11.9. The maximum Gasteiger partial charge on any atom is 0.237 e. The Morgan fingerprint density at radius 3 is 2.69 bits per heavy atom. The number of thioether (sulfide) groups is 1. The van der Waals surface area contributed by atoms with Gasteiger partial charge in [0.15, 0.2) is 4.34 Å². The van der Waals surface area contributed by atoms with Gasteiger partial charge in [0.25, 0.3) is 0 Å². The first-order chi connectivity index (χ1) is 15.7. The van der Waals surface area contributed by atoms with Crippen LogP contribution < -0.4 is 15.0 Å². The van der Waals surface area contributed by atoms with Crippen LogP contribution >= 0.6 is 23.1 Å². The number of hydrogen-bond acceptors (Lipinski definition) is 8. The highest BCUT2D eigenvalue weighted by Gasteiger charge is 2.19. The van der Waals surface area contributed by atoms with E-state index in [1.807, 2.05) is 73.7 Å². The molecule has 1 N–H and O–H groups in total. The summed E-state index contributed by atoms with van der Waals surface area (Å²) >= 11 is 2.76. The molecule has 0 fully saturated rings. The molecule has 2 heterocycles. The van der Waals surface area contributed by atoms with Crippen LogP contribution in [0.1, 0.15) is 12.7 Å². The number of carbonyl (C=O) groups is 1. The van der Waals surface area contributed by atoms with Crippen molar-refractivity contribution in [3.05, 3.63) is 78.8 Å². The molecule has 4 aromatic rings. The number of anilines is 3. The van der Waals surface area contributed by atoms with Gasteiger partial charge in [0.1, 0.15) is 11.5 Å². The van der Waals surface area contributed by atoms with Gasteiger partial charge >= 0.3 is 0 Å². The van der Waals surface area contributed by atoms with Crippen LogP contribution in [0.4, 0.5) is 16.5 Å². The van der Waals surface area contributed by atoms with Crippen molar-refractivity contribution in [1.82, 2.24) is 10.2 Å². The second-order valence-corrected chi connectivity index (χ2v) is 8.81. The van der Waals surface area contributed by atoms with E-state index in [1.165, 1.54) is 23.1 Å². The summed E-state index contributed by atoms with van der Waals surface area (Å²) in [6.45, 7) is 2.89. The topological polar surface area (TPSA) is 80.5 Å². The fourth-order valence-electron chi connectivity index (χ4n) is 2.98. The van der Waals surface area contributed by atoms with E-state index in [2.05, 4.69) is 15.5 Å². The maximum absolute atomic E-state index is 13.0. The molecule has 1 amide bonds. The van der Waals surface area contributed by atoms with E-state index in [0.29, 0.717) is 22.6 Å². The van der Waals surface area contributed by atoms with Gasteiger partial charge in [-0.1, -0.05) is 53.4 Å². The Balaban J connectivity index is 1.40. The molecule has 4 rings (SSSR count). The second kappa shape index (κ2) is 10.8. The molecular formula is C23H22N4O3S2. The summed E-state index contributed by atoms with van der Waals surface area (Å²) in [5.41, 5.74) is 1.65. The standard InChI is InChI=1S/C23H22N4O3S2/c1-2-29-20-13-7-6-12-19(20)24-22-25-26-23(32-22)31-16-21(28)27(15-18-11-8-14-30-18)17-9-4-3-5-10-17/h3-14H,2,15-16H2,1H3,(H,24,25). The lowest BCUT2D eigenvalue weighted by atomic mass is 10.2. The molecule has 0 radical (unpaired) electrons. The molecule has 7 nitrogen and oxygen atoms in total. The number of hydrogen-bond donors (Lipinski definition) is 1. The molecule has 9 heteroatoms. The van der Waals surface area contributed by atoms with Crippen molar-refractivity contribution in [1.29, 1.82) is 0 Å². The number of benzene rings is 2. The highest BCUT2D eigenvalue weighted by atomic mass is 32.2. The van der Waals surface area contributed by atoms with Crippen molar-refractivity contribution in [2.45, 2.75) is 17.8 Å². The van der Waals surface area contributed by atoms with Gasteiger partial charge in [0, 0.05) is 5.69 Å². The van der Waals surface area contributed by atoms with Crippen LogP contribution in [-0.4, -0.2) is 28.5 Å². The van der Waals surface area contributed by atoms with Crippen molar-refractivity contribution in [3.8, 4) is 5.75 Å². The second-order valence-electron chi connectivity index (χ2n) is 6.61. The Kier molecular flexibility index (Phi) is 7.42. The van der Waals surface area contributed by atoms with E-state index >= 15 is 0 Å². The van der Waals surface area contributed by atoms with Crippen LogP contribution in [0.15, 0.2) is 81.8 Å².